The first-order valence-electron chi connectivity index (χ1n) is 9.19. The molecule has 0 unspecified atom stereocenters. The Balaban J connectivity index is 1.38. The second-order valence-electron chi connectivity index (χ2n) is 7.03. The predicted octanol–water partition coefficient (Wildman–Crippen LogP) is 2.32. The van der Waals surface area contributed by atoms with Crippen molar-refractivity contribution >= 4 is 17.4 Å². The van der Waals surface area contributed by atoms with Crippen LogP contribution in [0.5, 0.6) is 0 Å². The molecular formula is C19H24N6O. The number of amides is 1. The lowest BCUT2D eigenvalue weighted by atomic mass is 10.1. The summed E-state index contributed by atoms with van der Waals surface area (Å²) < 4.78 is 0. The molecule has 136 valence electrons. The average Bonchev–Trinajstić information content (AvgIpc) is 3.34. The normalized spacial score (nSPS) is 24.8. The zero-order chi connectivity index (χ0) is 18.4. The van der Waals surface area contributed by atoms with E-state index in [0.29, 0.717) is 30.7 Å². The summed E-state index contributed by atoms with van der Waals surface area (Å²) in [4.78, 5) is 21.6. The van der Waals surface area contributed by atoms with E-state index in [4.69, 9.17) is 11.8 Å². The Labute approximate surface area is 154 Å². The lowest BCUT2D eigenvalue weighted by Gasteiger charge is -2.21. The lowest BCUT2D eigenvalue weighted by molar-refractivity contribution is -0.130. The van der Waals surface area contributed by atoms with Gasteiger partial charge in [-0.05, 0) is 44.1 Å². The molecule has 1 aromatic rings. The van der Waals surface area contributed by atoms with Gasteiger partial charge in [0.1, 0.15) is 11.9 Å². The van der Waals surface area contributed by atoms with Crippen molar-refractivity contribution in [2.24, 2.45) is 5.92 Å². The molecule has 7 nitrogen and oxygen atoms in total. The van der Waals surface area contributed by atoms with Gasteiger partial charge in [-0.25, -0.2) is 4.85 Å². The maximum atomic E-state index is 12.3. The standard InChI is InChI=1S/C19H24N6O/c1-21-16-6-7-18(24-12-16)23-11-14-4-5-15(9-14)22-13-19(26)25-8-2-3-17(25)10-20/h6-7,12,14-15,17,22H,2-5,8-9,11,13H2,(H,23,24)/t14-,15+,17+/m1/s1. The van der Waals surface area contributed by atoms with Crippen LogP contribution in [0.25, 0.3) is 4.85 Å². The zero-order valence-corrected chi connectivity index (χ0v) is 14.8. The van der Waals surface area contributed by atoms with Crippen LogP contribution in [0, 0.1) is 23.8 Å². The van der Waals surface area contributed by atoms with Crippen LogP contribution in [0.3, 0.4) is 0 Å². The highest BCUT2D eigenvalue weighted by molar-refractivity contribution is 5.79. The van der Waals surface area contributed by atoms with E-state index in [0.717, 1.165) is 44.5 Å². The molecule has 0 aromatic carbocycles. The third kappa shape index (κ3) is 4.50. The quantitative estimate of drug-likeness (QED) is 0.768. The van der Waals surface area contributed by atoms with Gasteiger partial charge in [-0.2, -0.15) is 5.26 Å². The number of nitrogens with zero attached hydrogens (tertiary/aromatic N) is 4. The highest BCUT2D eigenvalue weighted by atomic mass is 16.2. The second-order valence-corrected chi connectivity index (χ2v) is 7.03. The fourth-order valence-corrected chi connectivity index (χ4v) is 3.78. The minimum Gasteiger partial charge on any atom is -0.370 e. The first kappa shape index (κ1) is 18.2. The number of hydrogen-bond donors (Lipinski definition) is 2. The van der Waals surface area contributed by atoms with E-state index in [9.17, 15) is 4.79 Å². The minimum absolute atomic E-state index is 0.0414. The first-order valence-corrected chi connectivity index (χ1v) is 9.19. The Morgan fingerprint density at radius 2 is 2.31 bits per heavy atom. The fraction of sp³-hybridized carbons (Fsp3) is 0.579. The average molecular weight is 352 g/mol. The van der Waals surface area contributed by atoms with Gasteiger partial charge in [0.25, 0.3) is 0 Å². The number of carbonyl (C=O) groups is 1. The van der Waals surface area contributed by atoms with Crippen molar-refractivity contribution in [3.63, 3.8) is 0 Å². The van der Waals surface area contributed by atoms with Crippen molar-refractivity contribution in [2.45, 2.75) is 44.2 Å². The molecule has 1 aliphatic carbocycles. The number of aromatic nitrogens is 1. The van der Waals surface area contributed by atoms with E-state index < -0.39 is 0 Å². The fourth-order valence-electron chi connectivity index (χ4n) is 3.78. The molecule has 2 heterocycles. The Kier molecular flexibility index (Phi) is 6.04. The monoisotopic (exact) mass is 352 g/mol. The van der Waals surface area contributed by atoms with Gasteiger partial charge in [0.05, 0.1) is 19.2 Å². The molecule has 3 atom stereocenters. The van der Waals surface area contributed by atoms with Gasteiger partial charge in [-0.3, -0.25) is 9.78 Å². The highest BCUT2D eigenvalue weighted by Crippen LogP contribution is 2.26. The SMILES string of the molecule is [C-]#[N+]c1ccc(NC[C@@H]2CC[C@H](NCC(=O)N3CCC[C@H]3C#N)C2)nc1. The van der Waals surface area contributed by atoms with Crippen LogP contribution >= 0.6 is 0 Å². The smallest absolute Gasteiger partial charge is 0.237 e. The third-order valence-corrected chi connectivity index (χ3v) is 5.25. The maximum absolute atomic E-state index is 12.3. The van der Waals surface area contributed by atoms with Crippen LogP contribution in [0.2, 0.25) is 0 Å². The molecule has 0 radical (unpaired) electrons. The van der Waals surface area contributed by atoms with E-state index in [2.05, 4.69) is 26.5 Å². The van der Waals surface area contributed by atoms with Crippen LogP contribution < -0.4 is 10.6 Å². The summed E-state index contributed by atoms with van der Waals surface area (Å²) in [5.74, 6) is 1.38. The number of hydrogen-bond acceptors (Lipinski definition) is 5. The number of likely N-dealkylation sites (tertiary alicyclic amines) is 1. The van der Waals surface area contributed by atoms with E-state index in [1.807, 2.05) is 6.07 Å². The number of carbonyl (C=O) groups excluding carboxylic acids is 1. The Hall–Kier alpha value is -2.64. The van der Waals surface area contributed by atoms with E-state index >= 15 is 0 Å². The Morgan fingerprint density at radius 3 is 3.04 bits per heavy atom. The summed E-state index contributed by atoms with van der Waals surface area (Å²) >= 11 is 0. The highest BCUT2D eigenvalue weighted by Gasteiger charge is 2.30. The van der Waals surface area contributed by atoms with Gasteiger partial charge in [-0.1, -0.05) is 6.07 Å². The van der Waals surface area contributed by atoms with Crippen LogP contribution in [0.1, 0.15) is 32.1 Å². The van der Waals surface area contributed by atoms with Crippen molar-refractivity contribution in [1.29, 1.82) is 5.26 Å². The van der Waals surface area contributed by atoms with E-state index in [1.54, 1.807) is 17.2 Å². The number of rotatable bonds is 6. The van der Waals surface area contributed by atoms with Gasteiger partial charge in [-0.15, -0.1) is 0 Å². The van der Waals surface area contributed by atoms with Crippen LogP contribution in [0.4, 0.5) is 11.5 Å². The molecule has 1 saturated heterocycles. The molecule has 1 amide bonds. The molecule has 26 heavy (non-hydrogen) atoms. The van der Waals surface area contributed by atoms with Crippen LogP contribution in [-0.2, 0) is 4.79 Å². The number of pyridine rings is 1. The molecule has 7 heteroatoms. The molecule has 1 saturated carbocycles. The van der Waals surface area contributed by atoms with Gasteiger partial charge >= 0.3 is 0 Å². The number of nitrogens with one attached hydrogen (secondary N) is 2. The summed E-state index contributed by atoms with van der Waals surface area (Å²) in [6.45, 7) is 8.81. The maximum Gasteiger partial charge on any atom is 0.237 e. The van der Waals surface area contributed by atoms with Crippen molar-refractivity contribution in [3.05, 3.63) is 29.7 Å². The molecule has 0 bridgehead atoms. The summed E-state index contributed by atoms with van der Waals surface area (Å²) in [5.41, 5.74) is 0.544. The van der Waals surface area contributed by atoms with Gasteiger partial charge in [0.2, 0.25) is 11.6 Å². The number of anilines is 1. The summed E-state index contributed by atoms with van der Waals surface area (Å²) in [6, 6.07) is 5.92. The van der Waals surface area contributed by atoms with Crippen LogP contribution in [0.15, 0.2) is 18.3 Å². The van der Waals surface area contributed by atoms with Crippen LogP contribution in [-0.4, -0.2) is 47.5 Å². The third-order valence-electron chi connectivity index (χ3n) is 5.25. The topological polar surface area (TPSA) is 85.4 Å². The minimum atomic E-state index is -0.244. The Bertz CT molecular complexity index is 704. The largest absolute Gasteiger partial charge is 0.370 e. The Morgan fingerprint density at radius 1 is 1.42 bits per heavy atom. The first-order chi connectivity index (χ1) is 12.7. The molecule has 2 N–H and O–H groups in total. The predicted molar refractivity (Wildman–Crippen MR) is 98.5 cm³/mol. The molecule has 1 aromatic heterocycles. The summed E-state index contributed by atoms with van der Waals surface area (Å²) in [6.07, 6.45) is 6.50. The molecule has 2 aliphatic rings. The number of nitriles is 1. The van der Waals surface area contributed by atoms with Crippen molar-refractivity contribution in [3.8, 4) is 6.07 Å². The van der Waals surface area contributed by atoms with Gasteiger partial charge in [0.15, 0.2) is 0 Å². The zero-order valence-electron chi connectivity index (χ0n) is 14.8. The van der Waals surface area contributed by atoms with E-state index in [1.165, 1.54) is 0 Å². The van der Waals surface area contributed by atoms with Gasteiger partial charge < -0.3 is 15.5 Å². The molecule has 1 aliphatic heterocycles. The summed E-state index contributed by atoms with van der Waals surface area (Å²) in [5, 5.41) is 15.8. The van der Waals surface area contributed by atoms with Crippen molar-refractivity contribution < 1.29 is 4.79 Å². The van der Waals surface area contributed by atoms with Crippen molar-refractivity contribution in [1.82, 2.24) is 15.2 Å². The summed E-state index contributed by atoms with van der Waals surface area (Å²) in [7, 11) is 0. The molecule has 0 spiro atoms. The molecular weight excluding hydrogens is 328 g/mol. The van der Waals surface area contributed by atoms with Gasteiger partial charge in [0, 0.05) is 25.3 Å². The molecule has 3 rings (SSSR count). The molecule has 2 fully saturated rings. The van der Waals surface area contributed by atoms with E-state index in [-0.39, 0.29) is 11.9 Å². The lowest BCUT2D eigenvalue weighted by Crippen LogP contribution is -2.43. The van der Waals surface area contributed by atoms with Crippen molar-refractivity contribution in [2.75, 3.05) is 25.0 Å². The second kappa shape index (κ2) is 8.64.